The molecule has 0 atom stereocenters. The van der Waals surface area contributed by atoms with Crippen LogP contribution in [0, 0.1) is 0 Å². The second kappa shape index (κ2) is 6.35. The fourth-order valence-electron chi connectivity index (χ4n) is 2.18. The molecule has 0 saturated carbocycles. The number of fused-ring (bicyclic) bond motifs is 1. The highest BCUT2D eigenvalue weighted by Gasteiger charge is 2.11. The van der Waals surface area contributed by atoms with Crippen molar-refractivity contribution in [3.63, 3.8) is 0 Å². The second-order valence-electron chi connectivity index (χ2n) is 5.00. The minimum Gasteiger partial charge on any atom is -0.467 e. The number of furan rings is 1. The van der Waals surface area contributed by atoms with Gasteiger partial charge >= 0.3 is 5.76 Å². The Balaban J connectivity index is 1.55. The van der Waals surface area contributed by atoms with Crippen molar-refractivity contribution in [3.05, 3.63) is 58.5 Å². The number of Topliss-reactive ketones (excluding diaryl/α,β-unsaturated/α-hetero) is 1. The minimum absolute atomic E-state index is 0.0736. The van der Waals surface area contributed by atoms with E-state index in [-0.39, 0.29) is 24.5 Å². The summed E-state index contributed by atoms with van der Waals surface area (Å²) in [6, 6.07) is 8.18. The highest BCUT2D eigenvalue weighted by atomic mass is 16.4. The third-order valence-electron chi connectivity index (χ3n) is 3.36. The van der Waals surface area contributed by atoms with Crippen LogP contribution in [0.4, 0.5) is 0 Å². The summed E-state index contributed by atoms with van der Waals surface area (Å²) in [5.41, 5.74) is 1.25. The lowest BCUT2D eigenvalue weighted by Crippen LogP contribution is -2.23. The van der Waals surface area contributed by atoms with E-state index in [1.165, 1.54) is 12.3 Å². The number of amides is 1. The zero-order valence-electron chi connectivity index (χ0n) is 12.1. The van der Waals surface area contributed by atoms with E-state index >= 15 is 0 Å². The number of aromatic amines is 1. The number of carbonyl (C=O) groups is 2. The first-order valence-electron chi connectivity index (χ1n) is 7.07. The Hall–Kier alpha value is -3.09. The summed E-state index contributed by atoms with van der Waals surface area (Å²) < 4.78 is 10.0. The first kappa shape index (κ1) is 14.8. The second-order valence-corrected chi connectivity index (χ2v) is 5.00. The van der Waals surface area contributed by atoms with Gasteiger partial charge in [0, 0.05) is 18.4 Å². The number of hydrogen-bond acceptors (Lipinski definition) is 5. The quantitative estimate of drug-likeness (QED) is 0.677. The van der Waals surface area contributed by atoms with Crippen LogP contribution in [-0.2, 0) is 11.3 Å². The average molecular weight is 314 g/mol. The van der Waals surface area contributed by atoms with E-state index < -0.39 is 5.76 Å². The molecule has 0 aliphatic heterocycles. The number of oxazole rings is 1. The molecule has 0 saturated heterocycles. The van der Waals surface area contributed by atoms with Crippen molar-refractivity contribution in [3.8, 4) is 0 Å². The van der Waals surface area contributed by atoms with Crippen LogP contribution in [0.25, 0.3) is 11.1 Å². The van der Waals surface area contributed by atoms with Crippen LogP contribution >= 0.6 is 0 Å². The van der Waals surface area contributed by atoms with Crippen LogP contribution in [0.1, 0.15) is 29.0 Å². The van der Waals surface area contributed by atoms with Gasteiger partial charge in [0.1, 0.15) is 5.76 Å². The van der Waals surface area contributed by atoms with Crippen molar-refractivity contribution < 1.29 is 18.4 Å². The number of hydrogen-bond donors (Lipinski definition) is 2. The highest BCUT2D eigenvalue weighted by Crippen LogP contribution is 2.14. The molecule has 3 aromatic rings. The van der Waals surface area contributed by atoms with Crippen molar-refractivity contribution in [1.29, 1.82) is 0 Å². The van der Waals surface area contributed by atoms with Gasteiger partial charge in [-0.05, 0) is 30.3 Å². The maximum absolute atomic E-state index is 12.1. The summed E-state index contributed by atoms with van der Waals surface area (Å²) in [5, 5.41) is 2.68. The Morgan fingerprint density at radius 3 is 2.83 bits per heavy atom. The number of carbonyl (C=O) groups excluding carboxylic acids is 2. The van der Waals surface area contributed by atoms with Gasteiger partial charge < -0.3 is 14.2 Å². The molecule has 0 fully saturated rings. The first-order chi connectivity index (χ1) is 11.1. The summed E-state index contributed by atoms with van der Waals surface area (Å²) in [6.07, 6.45) is 1.68. The third-order valence-corrected chi connectivity index (χ3v) is 3.36. The van der Waals surface area contributed by atoms with Crippen LogP contribution in [0.15, 0.2) is 50.2 Å². The highest BCUT2D eigenvalue weighted by molar-refractivity contribution is 6.00. The fraction of sp³-hybridized carbons (Fsp3) is 0.188. The molecule has 0 unspecified atom stereocenters. The van der Waals surface area contributed by atoms with Gasteiger partial charge in [0.05, 0.1) is 18.3 Å². The van der Waals surface area contributed by atoms with Crippen molar-refractivity contribution >= 4 is 22.8 Å². The van der Waals surface area contributed by atoms with Gasteiger partial charge in [-0.15, -0.1) is 0 Å². The predicted molar refractivity (Wildman–Crippen MR) is 81.0 cm³/mol. The molecule has 23 heavy (non-hydrogen) atoms. The largest absolute Gasteiger partial charge is 0.467 e. The molecule has 118 valence electrons. The Morgan fingerprint density at radius 1 is 1.17 bits per heavy atom. The van der Waals surface area contributed by atoms with Crippen LogP contribution in [-0.4, -0.2) is 16.7 Å². The van der Waals surface area contributed by atoms with Crippen molar-refractivity contribution in [2.45, 2.75) is 19.4 Å². The molecule has 7 nitrogen and oxygen atoms in total. The maximum atomic E-state index is 12.1. The lowest BCUT2D eigenvalue weighted by atomic mass is 10.1. The van der Waals surface area contributed by atoms with Gasteiger partial charge in [0.15, 0.2) is 11.4 Å². The molecule has 0 radical (unpaired) electrons. The normalized spacial score (nSPS) is 10.8. The first-order valence-corrected chi connectivity index (χ1v) is 7.07. The van der Waals surface area contributed by atoms with E-state index in [1.807, 2.05) is 0 Å². The number of nitrogens with one attached hydrogen (secondary N) is 2. The van der Waals surface area contributed by atoms with E-state index in [4.69, 9.17) is 8.83 Å². The van der Waals surface area contributed by atoms with Gasteiger partial charge in [-0.1, -0.05) is 0 Å². The van der Waals surface area contributed by atoms with E-state index in [1.54, 1.807) is 24.3 Å². The predicted octanol–water partition coefficient (Wildman–Crippen LogP) is 1.99. The van der Waals surface area contributed by atoms with Gasteiger partial charge in [-0.2, -0.15) is 0 Å². The molecule has 1 amide bonds. The number of ketones is 1. The Kier molecular flexibility index (Phi) is 4.09. The van der Waals surface area contributed by atoms with Crippen LogP contribution < -0.4 is 11.1 Å². The summed E-state index contributed by atoms with van der Waals surface area (Å²) in [5.74, 6) is -0.340. The van der Waals surface area contributed by atoms with Gasteiger partial charge in [-0.25, -0.2) is 4.79 Å². The molecule has 1 aromatic carbocycles. The Labute approximate surface area is 130 Å². The van der Waals surface area contributed by atoms with Gasteiger partial charge in [0.2, 0.25) is 5.91 Å². The number of benzene rings is 1. The standard InChI is InChI=1S/C16H14N2O5/c19-13(5-6-15(20)17-9-11-2-1-7-22-11)10-3-4-12-14(8-10)23-16(21)18-12/h1-4,7-8H,5-6,9H2,(H,17,20)(H,18,21). The van der Waals surface area contributed by atoms with Gasteiger partial charge in [-0.3, -0.25) is 14.6 Å². The zero-order chi connectivity index (χ0) is 16.2. The molecule has 2 heterocycles. The Morgan fingerprint density at radius 2 is 2.04 bits per heavy atom. The van der Waals surface area contributed by atoms with E-state index in [0.717, 1.165) is 0 Å². The van der Waals surface area contributed by atoms with Crippen molar-refractivity contribution in [2.75, 3.05) is 0 Å². The average Bonchev–Trinajstić information content (AvgIpc) is 3.17. The molecule has 0 bridgehead atoms. The molecular formula is C16H14N2O5. The monoisotopic (exact) mass is 314 g/mol. The third kappa shape index (κ3) is 3.57. The Bertz CT molecular complexity index is 889. The molecular weight excluding hydrogens is 300 g/mol. The van der Waals surface area contributed by atoms with Crippen LogP contribution in [0.5, 0.6) is 0 Å². The SMILES string of the molecule is O=C(CCC(=O)c1ccc2[nH]c(=O)oc2c1)NCc1ccco1. The molecule has 2 N–H and O–H groups in total. The molecule has 0 spiro atoms. The minimum atomic E-state index is -0.568. The van der Waals surface area contributed by atoms with Crippen molar-refractivity contribution in [1.82, 2.24) is 10.3 Å². The summed E-state index contributed by atoms with van der Waals surface area (Å²) in [6.45, 7) is 0.292. The number of aromatic nitrogens is 1. The van der Waals surface area contributed by atoms with Crippen LogP contribution in [0.3, 0.4) is 0 Å². The molecule has 2 aromatic heterocycles. The smallest absolute Gasteiger partial charge is 0.417 e. The summed E-state index contributed by atoms with van der Waals surface area (Å²) >= 11 is 0. The molecule has 7 heteroatoms. The molecule has 0 aliphatic rings. The number of H-pyrrole nitrogens is 1. The fourth-order valence-corrected chi connectivity index (χ4v) is 2.18. The maximum Gasteiger partial charge on any atom is 0.417 e. The topological polar surface area (TPSA) is 105 Å². The molecule has 0 aliphatic carbocycles. The lowest BCUT2D eigenvalue weighted by Gasteiger charge is -2.03. The zero-order valence-corrected chi connectivity index (χ0v) is 12.1. The lowest BCUT2D eigenvalue weighted by molar-refractivity contribution is -0.121. The van der Waals surface area contributed by atoms with E-state index in [2.05, 4.69) is 10.3 Å². The van der Waals surface area contributed by atoms with Gasteiger partial charge in [0.25, 0.3) is 0 Å². The van der Waals surface area contributed by atoms with E-state index in [9.17, 15) is 14.4 Å². The summed E-state index contributed by atoms with van der Waals surface area (Å²) in [7, 11) is 0. The van der Waals surface area contributed by atoms with Crippen molar-refractivity contribution in [2.24, 2.45) is 0 Å². The summed E-state index contributed by atoms with van der Waals surface area (Å²) in [4.78, 5) is 37.4. The van der Waals surface area contributed by atoms with E-state index in [0.29, 0.717) is 29.0 Å². The number of rotatable bonds is 6. The molecule has 3 rings (SSSR count). The van der Waals surface area contributed by atoms with Crippen LogP contribution in [0.2, 0.25) is 0 Å².